The van der Waals surface area contributed by atoms with Gasteiger partial charge in [-0.15, -0.1) is 0 Å². The summed E-state index contributed by atoms with van der Waals surface area (Å²) in [7, 11) is -4.32. The van der Waals surface area contributed by atoms with Gasteiger partial charge in [-0.25, -0.2) is 13.4 Å². The van der Waals surface area contributed by atoms with Gasteiger partial charge < -0.3 is 46.0 Å². The van der Waals surface area contributed by atoms with Crippen molar-refractivity contribution < 1.29 is 42.2 Å². The predicted molar refractivity (Wildman–Crippen MR) is 227 cm³/mol. The maximum atomic E-state index is 13.7. The molecule has 1 unspecified atom stereocenters. The Balaban J connectivity index is 1.38. The second kappa shape index (κ2) is 23.0. The highest BCUT2D eigenvalue weighted by molar-refractivity contribution is 7.89. The molecule has 61 heavy (non-hydrogen) atoms. The van der Waals surface area contributed by atoms with Crippen LogP contribution in [-0.4, -0.2) is 103 Å². The van der Waals surface area contributed by atoms with Gasteiger partial charge in [0, 0.05) is 96.2 Å². The van der Waals surface area contributed by atoms with Crippen LogP contribution < -0.4 is 36.7 Å². The summed E-state index contributed by atoms with van der Waals surface area (Å²) >= 11 is 0. The molecule has 20 heteroatoms. The lowest BCUT2D eigenvalue weighted by Gasteiger charge is -2.19. The maximum absolute atomic E-state index is 13.7. The molecular formula is C41H55N9O10S. The number of nitrogens with zero attached hydrogens (tertiary/aromatic N) is 2. The standard InChI is InChI=1S/C41H55N9O10S/c1-26-20-27(2)38(28(3)21-26)61(58,59)49-33(40(56)57)24-47-39(55)32-25-50(34-22-30(8-9-31(34)37(32)54)23-48-41-45-15-16-46-41)17-5-12-43-35(52)10-11-36(53)44-14-7-19-60-18-6-13-42-29(4)51/h8-9,15-16,20-22,25,33,49H,5-7,10-14,17-19,23-24H2,1-4H3,(H,42,51)(H,43,52)(H,44,53)(H,47,55)(H,56,57)(H2,45,46,48). The number of carbonyl (C=O) groups is 5. The number of sulfonamides is 1. The van der Waals surface area contributed by atoms with Crippen molar-refractivity contribution in [2.75, 3.05) is 44.7 Å². The molecule has 4 amide bonds. The zero-order chi connectivity index (χ0) is 44.5. The average molecular weight is 866 g/mol. The molecule has 2 heterocycles. The highest BCUT2D eigenvalue weighted by atomic mass is 32.2. The lowest BCUT2D eigenvalue weighted by Crippen LogP contribution is -2.49. The van der Waals surface area contributed by atoms with Crippen LogP contribution in [0.3, 0.4) is 0 Å². The van der Waals surface area contributed by atoms with Gasteiger partial charge in [0.25, 0.3) is 5.91 Å². The number of carboxylic acid groups (broad SMARTS) is 1. The number of carboxylic acids is 1. The van der Waals surface area contributed by atoms with Crippen LogP contribution in [0.1, 0.15) is 71.6 Å². The van der Waals surface area contributed by atoms with Gasteiger partial charge >= 0.3 is 5.97 Å². The maximum Gasteiger partial charge on any atom is 0.323 e. The van der Waals surface area contributed by atoms with Crippen LogP contribution in [0.2, 0.25) is 0 Å². The number of H-pyrrole nitrogens is 1. The SMILES string of the molecule is CC(=O)NCCCOCCCNC(=O)CCC(=O)NCCCn1cc(C(=O)NCC(NS(=O)(=O)c2c(C)cc(C)cc2C)C(=O)O)c(=O)c2ccc(CNc3ncc[nH]3)cc21. The van der Waals surface area contributed by atoms with Crippen LogP contribution in [0.4, 0.5) is 5.95 Å². The van der Waals surface area contributed by atoms with Crippen molar-refractivity contribution in [2.24, 2.45) is 0 Å². The fourth-order valence-electron chi connectivity index (χ4n) is 6.57. The van der Waals surface area contributed by atoms with Crippen LogP contribution in [0.25, 0.3) is 10.9 Å². The summed E-state index contributed by atoms with van der Waals surface area (Å²) in [5.41, 5.74) is 2.07. The average Bonchev–Trinajstić information content (AvgIpc) is 3.72. The third-order valence-corrected chi connectivity index (χ3v) is 11.2. The van der Waals surface area contributed by atoms with E-state index in [0.29, 0.717) is 74.7 Å². The minimum Gasteiger partial charge on any atom is -0.480 e. The van der Waals surface area contributed by atoms with Crippen molar-refractivity contribution in [3.05, 3.63) is 87.0 Å². The number of hydrogen-bond acceptors (Lipinski definition) is 11. The molecule has 0 saturated heterocycles. The lowest BCUT2D eigenvalue weighted by atomic mass is 10.1. The first kappa shape index (κ1) is 47.6. The number of amides is 4. The monoisotopic (exact) mass is 865 g/mol. The molecule has 0 aliphatic rings. The van der Waals surface area contributed by atoms with Gasteiger partial charge in [0.1, 0.15) is 11.6 Å². The molecule has 0 bridgehead atoms. The Kier molecular flexibility index (Phi) is 18.0. The number of ether oxygens (including phenoxy) is 1. The number of hydrogen-bond donors (Lipinski definition) is 8. The Bertz CT molecular complexity index is 2320. The van der Waals surface area contributed by atoms with Crippen LogP contribution in [0, 0.1) is 20.8 Å². The van der Waals surface area contributed by atoms with E-state index in [4.69, 9.17) is 4.74 Å². The van der Waals surface area contributed by atoms with Crippen LogP contribution >= 0.6 is 0 Å². The highest BCUT2D eigenvalue weighted by Crippen LogP contribution is 2.22. The van der Waals surface area contributed by atoms with Crippen molar-refractivity contribution in [1.29, 1.82) is 0 Å². The Labute approximate surface area is 353 Å². The largest absolute Gasteiger partial charge is 0.480 e. The molecule has 1 atom stereocenters. The second-order valence-corrected chi connectivity index (χ2v) is 16.2. The number of carbonyl (C=O) groups excluding carboxylic acids is 4. The van der Waals surface area contributed by atoms with Gasteiger partial charge in [-0.05, 0) is 68.9 Å². The zero-order valence-corrected chi connectivity index (χ0v) is 35.6. The molecule has 4 aromatic rings. The van der Waals surface area contributed by atoms with Gasteiger partial charge in [0.15, 0.2) is 5.95 Å². The van der Waals surface area contributed by atoms with Gasteiger partial charge in [0.2, 0.25) is 33.2 Å². The van der Waals surface area contributed by atoms with E-state index in [1.54, 1.807) is 61.1 Å². The van der Waals surface area contributed by atoms with Gasteiger partial charge in [-0.2, -0.15) is 4.72 Å². The Hall–Kier alpha value is -6.12. The van der Waals surface area contributed by atoms with E-state index in [0.717, 1.165) is 11.1 Å². The number of pyridine rings is 1. The molecule has 8 N–H and O–H groups in total. The number of fused-ring (bicyclic) bond motifs is 1. The molecule has 0 radical (unpaired) electrons. The molecule has 0 aliphatic carbocycles. The Morgan fingerprint density at radius 1 is 0.885 bits per heavy atom. The van der Waals surface area contributed by atoms with Crippen molar-refractivity contribution in [3.63, 3.8) is 0 Å². The summed E-state index contributed by atoms with van der Waals surface area (Å²) in [6, 6.07) is 6.67. The third-order valence-electron chi connectivity index (χ3n) is 9.39. The Morgan fingerprint density at radius 2 is 1.52 bits per heavy atom. The highest BCUT2D eigenvalue weighted by Gasteiger charge is 2.29. The molecule has 2 aromatic heterocycles. The van der Waals surface area contributed by atoms with E-state index < -0.39 is 39.9 Å². The normalized spacial score (nSPS) is 11.8. The molecule has 0 fully saturated rings. The van der Waals surface area contributed by atoms with E-state index in [9.17, 15) is 42.3 Å². The fraction of sp³-hybridized carbons (Fsp3) is 0.439. The summed E-state index contributed by atoms with van der Waals surface area (Å²) < 4.78 is 36.0. The van der Waals surface area contributed by atoms with Crippen LogP contribution in [-0.2, 0) is 47.0 Å². The molecule has 0 aliphatic heterocycles. The topological polar surface area (TPSA) is 272 Å². The van der Waals surface area contributed by atoms with Gasteiger partial charge in [-0.1, -0.05) is 23.8 Å². The van der Waals surface area contributed by atoms with Gasteiger partial charge in [0.05, 0.1) is 10.4 Å². The van der Waals surface area contributed by atoms with Crippen molar-refractivity contribution in [1.82, 2.24) is 40.5 Å². The summed E-state index contributed by atoms with van der Waals surface area (Å²) in [5.74, 6) is -2.59. The summed E-state index contributed by atoms with van der Waals surface area (Å²) in [5, 5.41) is 23.9. The van der Waals surface area contributed by atoms with Crippen LogP contribution in [0.15, 0.2) is 58.6 Å². The molecule has 0 saturated carbocycles. The number of rotatable bonds is 25. The first-order valence-corrected chi connectivity index (χ1v) is 21.4. The number of aromatic nitrogens is 3. The van der Waals surface area contributed by atoms with Gasteiger partial charge in [-0.3, -0.25) is 28.8 Å². The zero-order valence-electron chi connectivity index (χ0n) is 34.8. The van der Waals surface area contributed by atoms with E-state index in [2.05, 4.69) is 41.3 Å². The number of anilines is 1. The first-order chi connectivity index (χ1) is 29.0. The minimum absolute atomic E-state index is 0.00351. The Morgan fingerprint density at radius 3 is 2.13 bits per heavy atom. The third kappa shape index (κ3) is 14.8. The summed E-state index contributed by atoms with van der Waals surface area (Å²) in [4.78, 5) is 82.2. The predicted octanol–water partition coefficient (Wildman–Crippen LogP) is 1.76. The van der Waals surface area contributed by atoms with Crippen LogP contribution in [0.5, 0.6) is 0 Å². The van der Waals surface area contributed by atoms with E-state index in [1.165, 1.54) is 13.1 Å². The smallest absolute Gasteiger partial charge is 0.323 e. The number of aromatic amines is 1. The quantitative estimate of drug-likeness (QED) is 0.0443. The number of nitrogens with one attached hydrogen (secondary N) is 7. The lowest BCUT2D eigenvalue weighted by molar-refractivity contribution is -0.138. The molecule has 330 valence electrons. The van der Waals surface area contributed by atoms with E-state index in [1.807, 2.05) is 6.92 Å². The number of benzene rings is 2. The summed E-state index contributed by atoms with van der Waals surface area (Å²) in [6.07, 6.45) is 6.25. The molecule has 4 rings (SSSR count). The van der Waals surface area contributed by atoms with E-state index in [-0.39, 0.29) is 59.5 Å². The van der Waals surface area contributed by atoms with E-state index >= 15 is 0 Å². The summed E-state index contributed by atoms with van der Waals surface area (Å²) in [6.45, 7) is 8.50. The molecular weight excluding hydrogens is 811 g/mol. The number of aryl methyl sites for hydroxylation is 4. The van der Waals surface area contributed by atoms with Crippen molar-refractivity contribution >= 4 is 56.5 Å². The first-order valence-electron chi connectivity index (χ1n) is 19.9. The number of aliphatic carboxylic acids is 1. The molecule has 0 spiro atoms. The minimum atomic E-state index is -4.32. The van der Waals surface area contributed by atoms with Crippen molar-refractivity contribution in [2.45, 2.75) is 83.8 Å². The molecule has 2 aromatic carbocycles. The molecule has 19 nitrogen and oxygen atoms in total. The number of imidazole rings is 1. The van der Waals surface area contributed by atoms with Crippen molar-refractivity contribution in [3.8, 4) is 0 Å². The fourth-order valence-corrected chi connectivity index (χ4v) is 8.21. The second-order valence-electron chi connectivity index (χ2n) is 14.5.